The number of hydrogen-bond acceptors (Lipinski definition) is 7. The molecule has 0 aliphatic carbocycles. The number of ether oxygens (including phenoxy) is 1. The molecule has 1 aliphatic rings. The van der Waals surface area contributed by atoms with E-state index in [2.05, 4.69) is 9.90 Å². The summed E-state index contributed by atoms with van der Waals surface area (Å²) in [5.74, 6) is 0. The number of benzene rings is 1. The van der Waals surface area contributed by atoms with Gasteiger partial charge in [-0.2, -0.15) is 5.06 Å². The van der Waals surface area contributed by atoms with Gasteiger partial charge in [0.25, 0.3) is 0 Å². The molecule has 132 valence electrons. The lowest BCUT2D eigenvalue weighted by molar-refractivity contribution is -0.107. The molecule has 1 atom stereocenters. The van der Waals surface area contributed by atoms with Crippen molar-refractivity contribution >= 4 is 21.8 Å². The highest BCUT2D eigenvalue weighted by Crippen LogP contribution is 2.24. The van der Waals surface area contributed by atoms with E-state index in [4.69, 9.17) is 9.57 Å². The predicted octanol–water partition coefficient (Wildman–Crippen LogP) is 1.91. The highest BCUT2D eigenvalue weighted by atomic mass is 32.2. The molecule has 10 heteroatoms. The van der Waals surface area contributed by atoms with Crippen molar-refractivity contribution in [2.75, 3.05) is 13.2 Å². The Balaban J connectivity index is 2.05. The number of hydroxylamine groups is 2. The Kier molecular flexibility index (Phi) is 5.21. The van der Waals surface area contributed by atoms with Crippen molar-refractivity contribution in [1.29, 1.82) is 0 Å². The van der Waals surface area contributed by atoms with Crippen LogP contribution in [0.25, 0.3) is 0 Å². The molecule has 1 amide bonds. The summed E-state index contributed by atoms with van der Waals surface area (Å²) < 4.78 is 32.3. The van der Waals surface area contributed by atoms with Crippen LogP contribution in [0.4, 0.5) is 10.5 Å². The fourth-order valence-electron chi connectivity index (χ4n) is 2.04. The number of carbonyl (C=O) groups excluding carboxylic acids is 1. The second-order valence-electron chi connectivity index (χ2n) is 6.21. The summed E-state index contributed by atoms with van der Waals surface area (Å²) in [4.78, 5) is 27.6. The van der Waals surface area contributed by atoms with Crippen molar-refractivity contribution in [3.05, 3.63) is 29.2 Å². The lowest BCUT2D eigenvalue weighted by Crippen LogP contribution is -2.40. The number of hydrogen-bond donors (Lipinski definition) is 1. The van der Waals surface area contributed by atoms with Crippen molar-refractivity contribution in [3.63, 3.8) is 0 Å². The van der Waals surface area contributed by atoms with Gasteiger partial charge >= 0.3 is 6.09 Å². The first-order chi connectivity index (χ1) is 11.1. The molecule has 1 aliphatic heterocycles. The standard InChI is InChI=1S/C14H19N3O6S/c1-14(2,3)23-13(18)17-8-10(9-22-17)16-24(20,21)12-7-5-4-6-11(12)15-19/h4-7,10,16H,8-9H2,1-3H3. The highest BCUT2D eigenvalue weighted by molar-refractivity contribution is 7.89. The summed E-state index contributed by atoms with van der Waals surface area (Å²) in [6, 6.07) is 4.92. The van der Waals surface area contributed by atoms with Crippen molar-refractivity contribution in [2.45, 2.75) is 37.3 Å². The molecule has 0 spiro atoms. The largest absolute Gasteiger partial charge is 0.442 e. The predicted molar refractivity (Wildman–Crippen MR) is 84.9 cm³/mol. The average molecular weight is 357 g/mol. The third kappa shape index (κ3) is 4.49. The van der Waals surface area contributed by atoms with E-state index in [0.29, 0.717) is 0 Å². The number of nitroso groups, excluding NO2 is 1. The molecule has 2 rings (SSSR count). The van der Waals surface area contributed by atoms with Crippen LogP contribution >= 0.6 is 0 Å². The lowest BCUT2D eigenvalue weighted by Gasteiger charge is -2.23. The Hall–Kier alpha value is -2.04. The van der Waals surface area contributed by atoms with Crippen LogP contribution < -0.4 is 4.72 Å². The summed E-state index contributed by atoms with van der Waals surface area (Å²) in [5.41, 5.74) is -0.875. The van der Waals surface area contributed by atoms with Crippen LogP contribution in [0, 0.1) is 4.91 Å². The van der Waals surface area contributed by atoms with E-state index in [0.717, 1.165) is 5.06 Å². The minimum absolute atomic E-state index is 0.00910. The third-order valence-electron chi connectivity index (χ3n) is 2.99. The Bertz CT molecular complexity index is 728. The summed E-state index contributed by atoms with van der Waals surface area (Å²) in [7, 11) is -3.97. The normalized spacial score (nSPS) is 18.5. The maximum absolute atomic E-state index is 12.4. The number of nitrogens with zero attached hydrogens (tertiary/aromatic N) is 2. The first-order valence-corrected chi connectivity index (χ1v) is 8.69. The second-order valence-corrected chi connectivity index (χ2v) is 7.90. The molecule has 0 bridgehead atoms. The fourth-order valence-corrected chi connectivity index (χ4v) is 3.39. The molecule has 1 unspecified atom stereocenters. The van der Waals surface area contributed by atoms with Crippen LogP contribution in [0.1, 0.15) is 20.8 Å². The van der Waals surface area contributed by atoms with Crippen molar-refractivity contribution in [3.8, 4) is 0 Å². The van der Waals surface area contributed by atoms with Crippen LogP contribution in [-0.2, 0) is 19.6 Å². The Morgan fingerprint density at radius 3 is 2.67 bits per heavy atom. The zero-order chi connectivity index (χ0) is 18.0. The van der Waals surface area contributed by atoms with Gasteiger partial charge in [-0.1, -0.05) is 12.1 Å². The van der Waals surface area contributed by atoms with E-state index in [-0.39, 0.29) is 23.7 Å². The van der Waals surface area contributed by atoms with Gasteiger partial charge in [0, 0.05) is 0 Å². The van der Waals surface area contributed by atoms with E-state index in [9.17, 15) is 18.1 Å². The minimum atomic E-state index is -3.97. The van der Waals surface area contributed by atoms with Crippen LogP contribution in [0.15, 0.2) is 34.3 Å². The van der Waals surface area contributed by atoms with Crippen LogP contribution in [0.3, 0.4) is 0 Å². The first kappa shape index (κ1) is 18.3. The van der Waals surface area contributed by atoms with Gasteiger partial charge in [0.05, 0.1) is 19.2 Å². The molecule has 1 saturated heterocycles. The van der Waals surface area contributed by atoms with Gasteiger partial charge < -0.3 is 4.74 Å². The molecule has 1 aromatic carbocycles. The van der Waals surface area contributed by atoms with Gasteiger partial charge in [0.15, 0.2) is 0 Å². The smallest absolute Gasteiger partial charge is 0.434 e. The highest BCUT2D eigenvalue weighted by Gasteiger charge is 2.34. The molecule has 24 heavy (non-hydrogen) atoms. The van der Waals surface area contributed by atoms with E-state index in [1.54, 1.807) is 20.8 Å². The maximum atomic E-state index is 12.4. The van der Waals surface area contributed by atoms with Crippen LogP contribution in [0.2, 0.25) is 0 Å². The molecule has 1 fully saturated rings. The Labute approximate surface area is 139 Å². The Morgan fingerprint density at radius 2 is 2.04 bits per heavy atom. The molecule has 0 saturated carbocycles. The van der Waals surface area contributed by atoms with Crippen molar-refractivity contribution in [1.82, 2.24) is 9.79 Å². The molecule has 0 radical (unpaired) electrons. The molecule has 9 nitrogen and oxygen atoms in total. The summed E-state index contributed by atoms with van der Waals surface area (Å²) in [5, 5.41) is 3.67. The monoisotopic (exact) mass is 357 g/mol. The van der Waals surface area contributed by atoms with Crippen molar-refractivity contribution in [2.24, 2.45) is 5.18 Å². The second kappa shape index (κ2) is 6.83. The summed E-state index contributed by atoms with van der Waals surface area (Å²) >= 11 is 0. The van der Waals surface area contributed by atoms with E-state index in [1.807, 2.05) is 0 Å². The van der Waals surface area contributed by atoms with Crippen molar-refractivity contribution < 1.29 is 22.8 Å². The lowest BCUT2D eigenvalue weighted by atomic mass is 10.2. The molecular formula is C14H19N3O6S. The Morgan fingerprint density at radius 1 is 1.38 bits per heavy atom. The molecule has 1 N–H and O–H groups in total. The molecular weight excluding hydrogens is 338 g/mol. The number of carbonyl (C=O) groups is 1. The van der Waals surface area contributed by atoms with E-state index in [1.165, 1.54) is 24.3 Å². The minimum Gasteiger partial charge on any atom is -0.442 e. The summed E-state index contributed by atoms with van der Waals surface area (Å²) in [6.45, 7) is 5.10. The van der Waals surface area contributed by atoms with Gasteiger partial charge in [-0.05, 0) is 38.1 Å². The van der Waals surface area contributed by atoms with Gasteiger partial charge in [-0.25, -0.2) is 17.9 Å². The quantitative estimate of drug-likeness (QED) is 0.823. The topological polar surface area (TPSA) is 114 Å². The number of amides is 1. The van der Waals surface area contributed by atoms with E-state index >= 15 is 0 Å². The number of nitrogens with one attached hydrogen (secondary N) is 1. The molecule has 1 aromatic rings. The van der Waals surface area contributed by atoms with Crippen LogP contribution in [-0.4, -0.2) is 44.4 Å². The van der Waals surface area contributed by atoms with Gasteiger partial charge in [-0.3, -0.25) is 4.84 Å². The number of sulfonamides is 1. The fraction of sp³-hybridized carbons (Fsp3) is 0.500. The third-order valence-corrected chi connectivity index (χ3v) is 4.56. The zero-order valence-corrected chi connectivity index (χ0v) is 14.4. The summed E-state index contributed by atoms with van der Waals surface area (Å²) in [6.07, 6.45) is -0.695. The SMILES string of the molecule is CC(C)(C)OC(=O)N1CC(NS(=O)(=O)c2ccccc2N=O)CO1. The van der Waals surface area contributed by atoms with Gasteiger partial charge in [0.2, 0.25) is 10.0 Å². The van der Waals surface area contributed by atoms with Crippen LogP contribution in [0.5, 0.6) is 0 Å². The van der Waals surface area contributed by atoms with Gasteiger partial charge in [-0.15, -0.1) is 4.91 Å². The maximum Gasteiger partial charge on any atom is 0.434 e. The first-order valence-electron chi connectivity index (χ1n) is 7.20. The number of rotatable bonds is 4. The van der Waals surface area contributed by atoms with Gasteiger partial charge in [0.1, 0.15) is 16.2 Å². The zero-order valence-electron chi connectivity index (χ0n) is 13.6. The molecule has 0 aromatic heterocycles. The molecule has 1 heterocycles. The van der Waals surface area contributed by atoms with E-state index < -0.39 is 27.8 Å². The average Bonchev–Trinajstić information content (AvgIpc) is 2.93.